The predicted octanol–water partition coefficient (Wildman–Crippen LogP) is 2.36. The minimum absolute atomic E-state index is 0.00254. The summed E-state index contributed by atoms with van der Waals surface area (Å²) in [5, 5.41) is 3.01. The molecule has 148 valence electrons. The molecule has 6 heteroatoms. The van der Waals surface area contributed by atoms with Crippen LogP contribution in [0.1, 0.15) is 24.5 Å². The summed E-state index contributed by atoms with van der Waals surface area (Å²) in [6.45, 7) is 5.23. The first-order chi connectivity index (χ1) is 13.7. The van der Waals surface area contributed by atoms with Gasteiger partial charge in [-0.15, -0.1) is 0 Å². The van der Waals surface area contributed by atoms with E-state index in [4.69, 9.17) is 0 Å². The molecule has 1 N–H and O–H groups in total. The summed E-state index contributed by atoms with van der Waals surface area (Å²) in [4.78, 5) is 32.9. The molecule has 0 saturated carbocycles. The number of carbonyl (C=O) groups is 2. The lowest BCUT2D eigenvalue weighted by Crippen LogP contribution is -2.50. The number of amides is 2. The van der Waals surface area contributed by atoms with Crippen LogP contribution in [-0.4, -0.2) is 59.3 Å². The Morgan fingerprint density at radius 2 is 1.86 bits per heavy atom. The number of rotatable bonds is 7. The molecule has 0 spiro atoms. The van der Waals surface area contributed by atoms with Crippen LogP contribution in [0, 0.1) is 0 Å². The normalized spacial score (nSPS) is 14.7. The van der Waals surface area contributed by atoms with E-state index >= 15 is 0 Å². The predicted molar refractivity (Wildman–Crippen MR) is 110 cm³/mol. The number of para-hydroxylation sites is 1. The highest BCUT2D eigenvalue weighted by molar-refractivity contribution is 5.93. The summed E-state index contributed by atoms with van der Waals surface area (Å²) in [6.07, 6.45) is 5.64. The number of piperazine rings is 1. The quantitative estimate of drug-likeness (QED) is 0.801. The fourth-order valence-electron chi connectivity index (χ4n) is 3.45. The Hall–Kier alpha value is -2.73. The number of aryl methyl sites for hydroxylation is 2. The number of nitrogens with zero attached hydrogens (tertiary/aromatic N) is 3. The van der Waals surface area contributed by atoms with Crippen LogP contribution in [0.4, 0.5) is 5.69 Å². The van der Waals surface area contributed by atoms with Gasteiger partial charge in [0.1, 0.15) is 0 Å². The number of carbonyl (C=O) groups excluding carboxylic acids is 2. The summed E-state index contributed by atoms with van der Waals surface area (Å²) >= 11 is 0. The van der Waals surface area contributed by atoms with Gasteiger partial charge in [0.15, 0.2) is 0 Å². The van der Waals surface area contributed by atoms with Crippen molar-refractivity contribution in [1.82, 2.24) is 14.8 Å². The van der Waals surface area contributed by atoms with Crippen molar-refractivity contribution in [2.24, 2.45) is 0 Å². The van der Waals surface area contributed by atoms with Gasteiger partial charge in [-0.3, -0.25) is 19.5 Å². The van der Waals surface area contributed by atoms with Gasteiger partial charge in [0.05, 0.1) is 6.54 Å². The first kappa shape index (κ1) is 20.0. The van der Waals surface area contributed by atoms with Crippen molar-refractivity contribution in [2.45, 2.75) is 26.2 Å². The third-order valence-electron chi connectivity index (χ3n) is 5.11. The molecule has 0 unspecified atom stereocenters. The zero-order valence-electron chi connectivity index (χ0n) is 16.4. The molecule has 1 aliphatic rings. The largest absolute Gasteiger partial charge is 0.340 e. The molecule has 28 heavy (non-hydrogen) atoms. The van der Waals surface area contributed by atoms with E-state index in [0.29, 0.717) is 32.5 Å². The molecule has 0 bridgehead atoms. The van der Waals surface area contributed by atoms with Crippen LogP contribution in [0.25, 0.3) is 0 Å². The van der Waals surface area contributed by atoms with E-state index < -0.39 is 0 Å². The molecular formula is C22H28N4O2. The number of pyridine rings is 1. The first-order valence-corrected chi connectivity index (χ1v) is 9.92. The molecule has 1 aromatic carbocycles. The number of hydrogen-bond donors (Lipinski definition) is 1. The lowest BCUT2D eigenvalue weighted by atomic mass is 10.1. The van der Waals surface area contributed by atoms with Crippen LogP contribution >= 0.6 is 0 Å². The SMILES string of the molecule is CCc1ccccc1NC(=O)CN1CCN(C(=O)CCc2cccnc2)CC1. The van der Waals surface area contributed by atoms with Crippen molar-refractivity contribution in [2.75, 3.05) is 38.0 Å². The van der Waals surface area contributed by atoms with Crippen LogP contribution in [0.2, 0.25) is 0 Å². The monoisotopic (exact) mass is 380 g/mol. The van der Waals surface area contributed by atoms with Gasteiger partial charge in [-0.2, -0.15) is 0 Å². The number of hydrogen-bond acceptors (Lipinski definition) is 4. The third-order valence-corrected chi connectivity index (χ3v) is 5.11. The Labute approximate surface area is 166 Å². The number of anilines is 1. The summed E-state index contributed by atoms with van der Waals surface area (Å²) in [7, 11) is 0. The Balaban J connectivity index is 1.41. The standard InChI is InChI=1S/C22H28N4O2/c1-2-19-7-3-4-8-20(19)24-21(27)17-25-12-14-26(15-13-25)22(28)10-9-18-6-5-11-23-16-18/h3-8,11,16H,2,9-10,12-15,17H2,1H3,(H,24,27). The van der Waals surface area contributed by atoms with Gasteiger partial charge in [0.25, 0.3) is 0 Å². The van der Waals surface area contributed by atoms with E-state index in [-0.39, 0.29) is 11.8 Å². The summed E-state index contributed by atoms with van der Waals surface area (Å²) < 4.78 is 0. The van der Waals surface area contributed by atoms with E-state index in [9.17, 15) is 9.59 Å². The van der Waals surface area contributed by atoms with Gasteiger partial charge < -0.3 is 10.2 Å². The van der Waals surface area contributed by atoms with Crippen LogP contribution < -0.4 is 5.32 Å². The molecule has 2 heterocycles. The molecule has 2 amide bonds. The van der Waals surface area contributed by atoms with Crippen molar-refractivity contribution in [3.63, 3.8) is 0 Å². The molecule has 1 aliphatic heterocycles. The lowest BCUT2D eigenvalue weighted by Gasteiger charge is -2.34. The molecule has 0 radical (unpaired) electrons. The van der Waals surface area contributed by atoms with Gasteiger partial charge in [-0.25, -0.2) is 0 Å². The minimum atomic E-state index is -0.00254. The Kier molecular flexibility index (Phi) is 7.14. The summed E-state index contributed by atoms with van der Waals surface area (Å²) in [6, 6.07) is 11.8. The second-order valence-corrected chi connectivity index (χ2v) is 7.08. The van der Waals surface area contributed by atoms with E-state index in [0.717, 1.165) is 36.3 Å². The number of nitrogens with one attached hydrogen (secondary N) is 1. The van der Waals surface area contributed by atoms with Gasteiger partial charge in [0, 0.05) is 50.7 Å². The Morgan fingerprint density at radius 1 is 1.07 bits per heavy atom. The van der Waals surface area contributed by atoms with E-state index in [1.807, 2.05) is 41.3 Å². The highest BCUT2D eigenvalue weighted by atomic mass is 16.2. The van der Waals surface area contributed by atoms with Crippen molar-refractivity contribution in [1.29, 1.82) is 0 Å². The Morgan fingerprint density at radius 3 is 2.57 bits per heavy atom. The second kappa shape index (κ2) is 9.99. The lowest BCUT2D eigenvalue weighted by molar-refractivity contribution is -0.133. The molecular weight excluding hydrogens is 352 g/mol. The molecule has 3 rings (SSSR count). The molecule has 1 aromatic heterocycles. The zero-order chi connectivity index (χ0) is 19.8. The van der Waals surface area contributed by atoms with E-state index in [2.05, 4.69) is 22.1 Å². The molecule has 6 nitrogen and oxygen atoms in total. The van der Waals surface area contributed by atoms with Crippen LogP contribution in [0.15, 0.2) is 48.8 Å². The van der Waals surface area contributed by atoms with Crippen molar-refractivity contribution in [3.8, 4) is 0 Å². The average Bonchev–Trinajstić information content (AvgIpc) is 2.73. The molecule has 1 fully saturated rings. The molecule has 0 aliphatic carbocycles. The van der Waals surface area contributed by atoms with Crippen molar-refractivity contribution in [3.05, 3.63) is 59.9 Å². The fourth-order valence-corrected chi connectivity index (χ4v) is 3.45. The molecule has 0 atom stereocenters. The maximum Gasteiger partial charge on any atom is 0.238 e. The van der Waals surface area contributed by atoms with Crippen LogP contribution in [0.5, 0.6) is 0 Å². The zero-order valence-corrected chi connectivity index (χ0v) is 16.4. The molecule has 1 saturated heterocycles. The fraction of sp³-hybridized carbons (Fsp3) is 0.409. The average molecular weight is 380 g/mol. The maximum atomic E-state index is 12.4. The topological polar surface area (TPSA) is 65.5 Å². The van der Waals surface area contributed by atoms with Crippen LogP contribution in [0.3, 0.4) is 0 Å². The minimum Gasteiger partial charge on any atom is -0.340 e. The number of benzene rings is 1. The van der Waals surface area contributed by atoms with Crippen LogP contribution in [-0.2, 0) is 22.4 Å². The smallest absolute Gasteiger partial charge is 0.238 e. The van der Waals surface area contributed by atoms with Gasteiger partial charge >= 0.3 is 0 Å². The van der Waals surface area contributed by atoms with Crippen molar-refractivity contribution < 1.29 is 9.59 Å². The Bertz CT molecular complexity index is 786. The van der Waals surface area contributed by atoms with E-state index in [1.165, 1.54) is 0 Å². The summed E-state index contributed by atoms with van der Waals surface area (Å²) in [5.74, 6) is 0.169. The molecule has 2 aromatic rings. The highest BCUT2D eigenvalue weighted by Crippen LogP contribution is 2.15. The number of aromatic nitrogens is 1. The van der Waals surface area contributed by atoms with Gasteiger partial charge in [-0.1, -0.05) is 31.2 Å². The summed E-state index contributed by atoms with van der Waals surface area (Å²) in [5.41, 5.74) is 3.11. The van der Waals surface area contributed by atoms with Gasteiger partial charge in [-0.05, 0) is 36.1 Å². The van der Waals surface area contributed by atoms with Crippen molar-refractivity contribution >= 4 is 17.5 Å². The van der Waals surface area contributed by atoms with Gasteiger partial charge in [0.2, 0.25) is 11.8 Å². The maximum absolute atomic E-state index is 12.4. The second-order valence-electron chi connectivity index (χ2n) is 7.08. The third kappa shape index (κ3) is 5.63. The highest BCUT2D eigenvalue weighted by Gasteiger charge is 2.22. The van der Waals surface area contributed by atoms with E-state index in [1.54, 1.807) is 12.4 Å². The first-order valence-electron chi connectivity index (χ1n) is 9.92.